The molecule has 1 aliphatic carbocycles. The fraction of sp³-hybridized carbons (Fsp3) is 0.308. The lowest BCUT2D eigenvalue weighted by Gasteiger charge is -2.12. The van der Waals surface area contributed by atoms with Crippen molar-refractivity contribution in [3.05, 3.63) is 34.9 Å². The molecule has 6 heteroatoms. The van der Waals surface area contributed by atoms with Crippen LogP contribution >= 0.6 is 0 Å². The van der Waals surface area contributed by atoms with Gasteiger partial charge >= 0.3 is 0 Å². The minimum Gasteiger partial charge on any atom is -0.384 e. The molecule has 6 nitrogen and oxygen atoms in total. The number of guanidine groups is 1. The summed E-state index contributed by atoms with van der Waals surface area (Å²) in [6, 6.07) is 5.82. The van der Waals surface area contributed by atoms with Gasteiger partial charge in [0.05, 0.1) is 18.8 Å². The molecule has 5 N–H and O–H groups in total. The number of nitrogens with zero attached hydrogens (tertiary/aromatic N) is 3. The van der Waals surface area contributed by atoms with Crippen molar-refractivity contribution in [2.24, 2.45) is 21.6 Å². The number of benzene rings is 1. The van der Waals surface area contributed by atoms with Crippen LogP contribution in [0.1, 0.15) is 23.1 Å². The van der Waals surface area contributed by atoms with Crippen molar-refractivity contribution >= 4 is 17.5 Å². The fourth-order valence-electron chi connectivity index (χ4n) is 2.56. The Labute approximate surface area is 111 Å². The molecule has 2 aliphatic rings. The molecule has 1 aromatic rings. The summed E-state index contributed by atoms with van der Waals surface area (Å²) >= 11 is 0. The molecular weight excluding hydrogens is 240 g/mol. The predicted octanol–water partition coefficient (Wildman–Crippen LogP) is 0.251. The van der Waals surface area contributed by atoms with Gasteiger partial charge in [0, 0.05) is 11.1 Å². The highest BCUT2D eigenvalue weighted by molar-refractivity contribution is 6.08. The van der Waals surface area contributed by atoms with Gasteiger partial charge in [0.15, 0.2) is 0 Å². The summed E-state index contributed by atoms with van der Waals surface area (Å²) in [5, 5.41) is 13.9. The number of amidine groups is 1. The maximum atomic E-state index is 7.61. The highest BCUT2D eigenvalue weighted by atomic mass is 15.5. The third-order valence-electron chi connectivity index (χ3n) is 3.48. The van der Waals surface area contributed by atoms with Crippen LogP contribution in [-0.4, -0.2) is 35.6 Å². The third kappa shape index (κ3) is 1.95. The van der Waals surface area contributed by atoms with Crippen LogP contribution in [0.2, 0.25) is 0 Å². The Hall–Kier alpha value is -2.37. The largest absolute Gasteiger partial charge is 0.384 e. The van der Waals surface area contributed by atoms with Gasteiger partial charge in [-0.1, -0.05) is 18.2 Å². The topological polar surface area (TPSA) is 104 Å². The van der Waals surface area contributed by atoms with Gasteiger partial charge in [-0.15, -0.1) is 0 Å². The minimum absolute atomic E-state index is 0.111. The van der Waals surface area contributed by atoms with Crippen LogP contribution in [0, 0.1) is 5.41 Å². The molecule has 0 saturated heterocycles. The van der Waals surface area contributed by atoms with Crippen molar-refractivity contribution < 1.29 is 0 Å². The van der Waals surface area contributed by atoms with Crippen molar-refractivity contribution in [2.75, 3.05) is 13.1 Å². The van der Waals surface area contributed by atoms with E-state index in [-0.39, 0.29) is 5.84 Å². The summed E-state index contributed by atoms with van der Waals surface area (Å²) in [5.74, 6) is 0.587. The van der Waals surface area contributed by atoms with Crippen molar-refractivity contribution in [1.29, 1.82) is 5.41 Å². The predicted molar refractivity (Wildman–Crippen MR) is 75.5 cm³/mol. The quantitative estimate of drug-likeness (QED) is 0.522. The van der Waals surface area contributed by atoms with Gasteiger partial charge in [-0.05, 0) is 18.4 Å². The third-order valence-corrected chi connectivity index (χ3v) is 3.48. The zero-order chi connectivity index (χ0) is 13.4. The summed E-state index contributed by atoms with van der Waals surface area (Å²) < 4.78 is 0. The van der Waals surface area contributed by atoms with Gasteiger partial charge in [0.25, 0.3) is 0 Å². The number of hydrogen-bond donors (Lipinski definition) is 3. The highest BCUT2D eigenvalue weighted by Gasteiger charge is 2.23. The molecule has 1 aromatic carbocycles. The van der Waals surface area contributed by atoms with E-state index >= 15 is 0 Å². The van der Waals surface area contributed by atoms with Crippen LogP contribution < -0.4 is 11.5 Å². The van der Waals surface area contributed by atoms with Gasteiger partial charge < -0.3 is 11.5 Å². The molecule has 19 heavy (non-hydrogen) atoms. The SMILES string of the molecule is N=C(N)c1cccc2c1CC/C2=N\N1CCN=C1N. The van der Waals surface area contributed by atoms with E-state index in [4.69, 9.17) is 16.9 Å². The van der Waals surface area contributed by atoms with Crippen molar-refractivity contribution in [3.8, 4) is 0 Å². The van der Waals surface area contributed by atoms with Gasteiger partial charge in [-0.3, -0.25) is 5.41 Å². The van der Waals surface area contributed by atoms with E-state index in [2.05, 4.69) is 10.1 Å². The molecule has 98 valence electrons. The van der Waals surface area contributed by atoms with Crippen LogP contribution in [0.4, 0.5) is 0 Å². The van der Waals surface area contributed by atoms with Crippen LogP contribution in [0.3, 0.4) is 0 Å². The number of nitrogen functional groups attached to an aromatic ring is 1. The van der Waals surface area contributed by atoms with Gasteiger partial charge in [0.1, 0.15) is 5.84 Å². The number of hydrazone groups is 1. The molecule has 1 aliphatic heterocycles. The zero-order valence-corrected chi connectivity index (χ0v) is 10.6. The fourth-order valence-corrected chi connectivity index (χ4v) is 2.56. The number of aliphatic imine (C=N–C) groups is 1. The molecular formula is C13H16N6. The Morgan fingerprint density at radius 2 is 2.21 bits per heavy atom. The molecule has 1 heterocycles. The number of rotatable bonds is 2. The molecule has 3 rings (SSSR count). The van der Waals surface area contributed by atoms with Crippen molar-refractivity contribution in [3.63, 3.8) is 0 Å². The second-order valence-electron chi connectivity index (χ2n) is 4.66. The Morgan fingerprint density at radius 3 is 2.89 bits per heavy atom. The lowest BCUT2D eigenvalue weighted by molar-refractivity contribution is 0.483. The lowest BCUT2D eigenvalue weighted by atomic mass is 10.0. The highest BCUT2D eigenvalue weighted by Crippen LogP contribution is 2.26. The molecule has 0 unspecified atom stereocenters. The number of nitrogens with two attached hydrogens (primary N) is 2. The van der Waals surface area contributed by atoms with Crippen molar-refractivity contribution in [1.82, 2.24) is 5.01 Å². The molecule has 0 amide bonds. The molecule has 0 radical (unpaired) electrons. The molecule has 0 aromatic heterocycles. The first-order valence-electron chi connectivity index (χ1n) is 6.28. The number of hydrogen-bond acceptors (Lipinski definition) is 5. The molecule has 0 fully saturated rings. The van der Waals surface area contributed by atoms with E-state index in [0.29, 0.717) is 12.5 Å². The maximum Gasteiger partial charge on any atom is 0.212 e. The Balaban J connectivity index is 1.99. The average Bonchev–Trinajstić information content (AvgIpc) is 2.97. The van der Waals surface area contributed by atoms with Crippen molar-refractivity contribution in [2.45, 2.75) is 12.8 Å². The minimum atomic E-state index is 0.111. The zero-order valence-electron chi connectivity index (χ0n) is 10.6. The van der Waals surface area contributed by atoms with E-state index in [9.17, 15) is 0 Å². The first-order chi connectivity index (χ1) is 9.16. The summed E-state index contributed by atoms with van der Waals surface area (Å²) in [4.78, 5) is 4.12. The van der Waals surface area contributed by atoms with E-state index in [0.717, 1.165) is 41.8 Å². The standard InChI is InChI=1S/C13H16N6/c14-12(15)10-3-1-2-9-8(10)4-5-11(9)18-19-7-6-17-13(19)16/h1-3H,4-7H2,(H3,14,15)(H2,16,17)/b18-11+. The number of fused-ring (bicyclic) bond motifs is 1. The van der Waals surface area contributed by atoms with Gasteiger partial charge in [0.2, 0.25) is 5.96 Å². The average molecular weight is 256 g/mol. The summed E-state index contributed by atoms with van der Waals surface area (Å²) in [7, 11) is 0. The first-order valence-corrected chi connectivity index (χ1v) is 6.28. The second kappa shape index (κ2) is 4.38. The van der Waals surface area contributed by atoms with Gasteiger partial charge in [-0.25, -0.2) is 10.0 Å². The van der Waals surface area contributed by atoms with Crippen LogP contribution in [0.25, 0.3) is 0 Å². The maximum absolute atomic E-state index is 7.61. The van der Waals surface area contributed by atoms with E-state index < -0.39 is 0 Å². The summed E-state index contributed by atoms with van der Waals surface area (Å²) in [6.07, 6.45) is 1.72. The summed E-state index contributed by atoms with van der Waals surface area (Å²) in [5.41, 5.74) is 15.4. The molecule has 0 bridgehead atoms. The Bertz CT molecular complexity index is 601. The van der Waals surface area contributed by atoms with Crippen LogP contribution in [0.15, 0.2) is 28.3 Å². The molecule has 0 atom stereocenters. The molecule has 0 spiro atoms. The van der Waals surface area contributed by atoms with E-state index in [1.807, 2.05) is 18.2 Å². The van der Waals surface area contributed by atoms with Crippen LogP contribution in [-0.2, 0) is 6.42 Å². The monoisotopic (exact) mass is 256 g/mol. The van der Waals surface area contributed by atoms with Gasteiger partial charge in [-0.2, -0.15) is 5.10 Å². The first kappa shape index (κ1) is 11.7. The Morgan fingerprint density at radius 1 is 1.37 bits per heavy atom. The van der Waals surface area contributed by atoms with E-state index in [1.54, 1.807) is 5.01 Å². The second-order valence-corrected chi connectivity index (χ2v) is 4.66. The smallest absolute Gasteiger partial charge is 0.212 e. The van der Waals surface area contributed by atoms with Crippen LogP contribution in [0.5, 0.6) is 0 Å². The van der Waals surface area contributed by atoms with E-state index in [1.165, 1.54) is 0 Å². The number of nitrogens with one attached hydrogen (secondary N) is 1. The normalized spacial score (nSPS) is 19.7. The Kier molecular flexibility index (Phi) is 2.70. The molecule has 0 saturated carbocycles. The summed E-state index contributed by atoms with van der Waals surface area (Å²) in [6.45, 7) is 1.43. The lowest BCUT2D eigenvalue weighted by Crippen LogP contribution is -2.30.